The lowest BCUT2D eigenvalue weighted by Crippen LogP contribution is -2.60. The van der Waals surface area contributed by atoms with Crippen LogP contribution in [0.15, 0.2) is 12.1 Å². The Morgan fingerprint density at radius 1 is 0.644 bits per heavy atom. The Balaban J connectivity index is 1.54. The molecule has 45 heavy (non-hydrogen) atoms. The SMILES string of the molecule is COc1cc([C@H]2OC[C@H]3[C@@H]2CO[C@@H]3c2cc(OC)c(OC)c(OC)c2O[C@@H]2O[C@H](CO)[C@@H](O)[C@H](O)[C@H]2O)c(O)c(OC)c1OC. The zero-order valence-electron chi connectivity index (χ0n) is 25.8. The molecule has 0 radical (unpaired) electrons. The monoisotopic (exact) mass is 640 g/mol. The first-order chi connectivity index (χ1) is 21.7. The molecule has 3 heterocycles. The number of aliphatic hydroxyl groups is 4. The standard InChI is InChI=1S/C30H40O15/c1-36-16-7-12(19(32)28(40-5)26(16)38-3)23-14-10-43-24(15(14)11-42-23)13-8-17(37-2)27(39-4)29(41-6)25(13)45-30-22(35)21(34)20(33)18(9-31)44-30/h7-8,14-15,18,20-24,30-35H,9-11H2,1-6H3/t14-,15-,18+,20+,21-,22+,23+,24+,30-/m0/s1. The maximum atomic E-state index is 11.2. The van der Waals surface area contributed by atoms with E-state index >= 15 is 0 Å². The number of aromatic hydroxyl groups is 1. The second-order valence-corrected chi connectivity index (χ2v) is 10.8. The Morgan fingerprint density at radius 3 is 1.67 bits per heavy atom. The lowest BCUT2D eigenvalue weighted by atomic mass is 9.84. The fourth-order valence-corrected chi connectivity index (χ4v) is 6.33. The topological polar surface area (TPSA) is 193 Å². The van der Waals surface area contributed by atoms with Gasteiger partial charge in [-0.05, 0) is 12.1 Å². The number of hydrogen-bond donors (Lipinski definition) is 5. The molecule has 3 aliphatic rings. The molecule has 5 rings (SSSR count). The third kappa shape index (κ3) is 5.52. The van der Waals surface area contributed by atoms with E-state index < -0.39 is 49.5 Å². The van der Waals surface area contributed by atoms with Crippen molar-refractivity contribution in [3.05, 3.63) is 23.3 Å². The summed E-state index contributed by atoms with van der Waals surface area (Å²) < 4.78 is 57.6. The van der Waals surface area contributed by atoms with Gasteiger partial charge in [0.2, 0.25) is 29.3 Å². The third-order valence-corrected chi connectivity index (χ3v) is 8.61. The summed E-state index contributed by atoms with van der Waals surface area (Å²) >= 11 is 0. The smallest absolute Gasteiger partial charge is 0.229 e. The molecule has 15 heteroatoms. The first kappa shape index (κ1) is 32.9. The Kier molecular flexibility index (Phi) is 9.88. The van der Waals surface area contributed by atoms with Crippen LogP contribution in [0.25, 0.3) is 0 Å². The summed E-state index contributed by atoms with van der Waals surface area (Å²) in [5.41, 5.74) is 0.872. The van der Waals surface area contributed by atoms with Gasteiger partial charge in [-0.1, -0.05) is 0 Å². The average Bonchev–Trinajstić information content (AvgIpc) is 3.66. The van der Waals surface area contributed by atoms with Crippen LogP contribution in [0, 0.1) is 11.8 Å². The van der Waals surface area contributed by atoms with E-state index in [2.05, 4.69) is 0 Å². The van der Waals surface area contributed by atoms with Gasteiger partial charge < -0.3 is 72.9 Å². The molecule has 0 saturated carbocycles. The zero-order chi connectivity index (χ0) is 32.6. The number of aliphatic hydroxyl groups excluding tert-OH is 4. The zero-order valence-corrected chi connectivity index (χ0v) is 25.8. The third-order valence-electron chi connectivity index (χ3n) is 8.61. The summed E-state index contributed by atoms with van der Waals surface area (Å²) in [6.07, 6.45) is -8.93. The van der Waals surface area contributed by atoms with Crippen LogP contribution in [-0.2, 0) is 14.2 Å². The van der Waals surface area contributed by atoms with E-state index in [1.807, 2.05) is 0 Å². The lowest BCUT2D eigenvalue weighted by Gasteiger charge is -2.40. The summed E-state index contributed by atoms with van der Waals surface area (Å²) in [5, 5.41) is 52.3. The van der Waals surface area contributed by atoms with E-state index in [4.69, 9.17) is 47.4 Å². The Bertz CT molecular complexity index is 1350. The maximum Gasteiger partial charge on any atom is 0.229 e. The van der Waals surface area contributed by atoms with E-state index in [0.29, 0.717) is 22.6 Å². The number of methoxy groups -OCH3 is 6. The molecule has 3 saturated heterocycles. The summed E-state index contributed by atoms with van der Waals surface area (Å²) in [6, 6.07) is 3.29. The lowest BCUT2D eigenvalue weighted by molar-refractivity contribution is -0.277. The largest absolute Gasteiger partial charge is 0.504 e. The van der Waals surface area contributed by atoms with Crippen molar-refractivity contribution in [1.82, 2.24) is 0 Å². The van der Waals surface area contributed by atoms with Crippen LogP contribution in [0.1, 0.15) is 23.3 Å². The molecule has 2 aromatic carbocycles. The van der Waals surface area contributed by atoms with Crippen LogP contribution in [-0.4, -0.2) is 119 Å². The molecule has 2 aromatic rings. The second-order valence-electron chi connectivity index (χ2n) is 10.8. The molecule has 0 bridgehead atoms. The number of hydrogen-bond acceptors (Lipinski definition) is 15. The van der Waals surface area contributed by atoms with E-state index in [0.717, 1.165) is 0 Å². The van der Waals surface area contributed by atoms with Crippen molar-refractivity contribution in [2.45, 2.75) is 42.9 Å². The Morgan fingerprint density at radius 2 is 1.16 bits per heavy atom. The van der Waals surface area contributed by atoms with Gasteiger partial charge in [0.1, 0.15) is 24.4 Å². The second kappa shape index (κ2) is 13.5. The van der Waals surface area contributed by atoms with E-state index in [-0.39, 0.29) is 59.5 Å². The summed E-state index contributed by atoms with van der Waals surface area (Å²) in [4.78, 5) is 0. The summed E-state index contributed by atoms with van der Waals surface area (Å²) in [7, 11) is 8.60. The van der Waals surface area contributed by atoms with E-state index in [1.165, 1.54) is 42.7 Å². The highest BCUT2D eigenvalue weighted by atomic mass is 16.7. The van der Waals surface area contributed by atoms with Gasteiger partial charge in [-0.25, -0.2) is 0 Å². The number of phenols is 1. The Hall–Kier alpha value is -3.44. The Labute approximate surface area is 259 Å². The van der Waals surface area contributed by atoms with Crippen molar-refractivity contribution in [2.75, 3.05) is 62.5 Å². The molecule has 0 aliphatic carbocycles. The summed E-state index contributed by atoms with van der Waals surface area (Å²) in [6.45, 7) is -0.179. The molecule has 0 amide bonds. The van der Waals surface area contributed by atoms with E-state index in [1.54, 1.807) is 12.1 Å². The van der Waals surface area contributed by atoms with Crippen LogP contribution < -0.4 is 33.2 Å². The predicted octanol–water partition coefficient (Wildman–Crippen LogP) is 0.698. The molecule has 9 atom stereocenters. The van der Waals surface area contributed by atoms with Crippen LogP contribution in [0.2, 0.25) is 0 Å². The average molecular weight is 641 g/mol. The molecular weight excluding hydrogens is 600 g/mol. The number of fused-ring (bicyclic) bond motifs is 1. The molecule has 3 aliphatic heterocycles. The van der Waals surface area contributed by atoms with Crippen molar-refractivity contribution in [1.29, 1.82) is 0 Å². The van der Waals surface area contributed by atoms with Crippen LogP contribution in [0.5, 0.6) is 46.0 Å². The van der Waals surface area contributed by atoms with E-state index in [9.17, 15) is 25.5 Å². The van der Waals surface area contributed by atoms with Crippen molar-refractivity contribution in [3.8, 4) is 46.0 Å². The highest BCUT2D eigenvalue weighted by molar-refractivity contribution is 5.65. The summed E-state index contributed by atoms with van der Waals surface area (Å²) in [5.74, 6) is 0.663. The van der Waals surface area contributed by atoms with Crippen molar-refractivity contribution in [2.24, 2.45) is 11.8 Å². The molecule has 0 aromatic heterocycles. The van der Waals surface area contributed by atoms with Gasteiger partial charge in [-0.15, -0.1) is 0 Å². The molecule has 5 N–H and O–H groups in total. The highest BCUT2D eigenvalue weighted by Gasteiger charge is 2.51. The molecule has 250 valence electrons. The normalized spacial score (nSPS) is 30.8. The van der Waals surface area contributed by atoms with Crippen molar-refractivity contribution in [3.63, 3.8) is 0 Å². The first-order valence-corrected chi connectivity index (χ1v) is 14.2. The van der Waals surface area contributed by atoms with Crippen LogP contribution in [0.4, 0.5) is 0 Å². The van der Waals surface area contributed by atoms with Gasteiger partial charge >= 0.3 is 0 Å². The quantitative estimate of drug-likeness (QED) is 0.230. The van der Waals surface area contributed by atoms with Crippen molar-refractivity contribution >= 4 is 0 Å². The van der Waals surface area contributed by atoms with Gasteiger partial charge in [-0.3, -0.25) is 0 Å². The minimum atomic E-state index is -1.69. The molecule has 0 unspecified atom stereocenters. The fraction of sp³-hybridized carbons (Fsp3) is 0.600. The number of ether oxygens (including phenoxy) is 10. The highest BCUT2D eigenvalue weighted by Crippen LogP contribution is 2.58. The molecule has 3 fully saturated rings. The molecular formula is C30H40O15. The minimum absolute atomic E-state index is 0.0595. The number of rotatable bonds is 11. The van der Waals surface area contributed by atoms with Gasteiger partial charge in [0.25, 0.3) is 0 Å². The van der Waals surface area contributed by atoms with Gasteiger partial charge in [-0.2, -0.15) is 0 Å². The number of phenolic OH excluding ortho intramolecular Hbond substituents is 1. The van der Waals surface area contributed by atoms with Gasteiger partial charge in [0.15, 0.2) is 23.0 Å². The maximum absolute atomic E-state index is 11.2. The molecule has 0 spiro atoms. The molecule has 15 nitrogen and oxygen atoms in total. The van der Waals surface area contributed by atoms with Crippen LogP contribution >= 0.6 is 0 Å². The van der Waals surface area contributed by atoms with Gasteiger partial charge in [0, 0.05) is 23.0 Å². The predicted molar refractivity (Wildman–Crippen MR) is 153 cm³/mol. The number of benzene rings is 2. The minimum Gasteiger partial charge on any atom is -0.504 e. The van der Waals surface area contributed by atoms with Gasteiger partial charge in [0.05, 0.1) is 74.7 Å². The van der Waals surface area contributed by atoms with Crippen molar-refractivity contribution < 1.29 is 72.9 Å². The van der Waals surface area contributed by atoms with Crippen LogP contribution in [0.3, 0.4) is 0 Å². The first-order valence-electron chi connectivity index (χ1n) is 14.2. The fourth-order valence-electron chi connectivity index (χ4n) is 6.33.